The monoisotopic (exact) mass is 333 g/mol. The number of rotatable bonds is 1. The summed E-state index contributed by atoms with van der Waals surface area (Å²) >= 11 is 13.4. The highest BCUT2D eigenvalue weighted by Crippen LogP contribution is 2.49. The fraction of sp³-hybridized carbons (Fsp3) is 0.353. The Kier molecular flexibility index (Phi) is 3.32. The van der Waals surface area contributed by atoms with Crippen molar-refractivity contribution >= 4 is 45.8 Å². The molecule has 0 atom stereocenters. The van der Waals surface area contributed by atoms with Crippen LogP contribution >= 0.6 is 35.2 Å². The molecule has 2 heterocycles. The van der Waals surface area contributed by atoms with Gasteiger partial charge in [-0.15, -0.1) is 11.3 Å². The van der Waals surface area contributed by atoms with Crippen molar-refractivity contribution < 1.29 is 0 Å². The number of thiophene rings is 1. The molecule has 0 amide bonds. The zero-order chi connectivity index (χ0) is 14.4. The summed E-state index contributed by atoms with van der Waals surface area (Å²) in [5.74, 6) is 0. The third kappa shape index (κ3) is 2.14. The molecule has 1 aliphatic heterocycles. The Hall–Kier alpha value is -0.900. The van der Waals surface area contributed by atoms with Crippen LogP contribution in [0.25, 0.3) is 10.4 Å². The van der Waals surface area contributed by atoms with E-state index in [1.54, 1.807) is 11.3 Å². The number of anilines is 1. The molecule has 1 N–H and O–H groups in total. The third-order valence-corrected chi connectivity index (χ3v) is 6.56. The molecule has 0 unspecified atom stereocenters. The van der Waals surface area contributed by atoms with Crippen molar-refractivity contribution in [2.24, 2.45) is 0 Å². The van der Waals surface area contributed by atoms with Gasteiger partial charge in [-0.2, -0.15) is 0 Å². The lowest BCUT2D eigenvalue weighted by atomic mass is 9.70. The average Bonchev–Trinajstić information content (AvgIpc) is 3.04. The van der Waals surface area contributed by atoms with E-state index in [-0.39, 0.29) is 5.41 Å². The zero-order valence-corrected chi connectivity index (χ0v) is 14.0. The van der Waals surface area contributed by atoms with Gasteiger partial charge in [0, 0.05) is 16.0 Å². The van der Waals surface area contributed by atoms with E-state index < -0.39 is 0 Å². The molecule has 1 aliphatic carbocycles. The van der Waals surface area contributed by atoms with Gasteiger partial charge in [0.15, 0.2) is 0 Å². The minimum atomic E-state index is 0.0833. The highest BCUT2D eigenvalue weighted by molar-refractivity contribution is 7.80. The quantitative estimate of drug-likeness (QED) is 0.640. The molecule has 4 rings (SSSR count). The summed E-state index contributed by atoms with van der Waals surface area (Å²) in [6, 6.07) is 10.7. The highest BCUT2D eigenvalue weighted by atomic mass is 35.5. The second-order valence-electron chi connectivity index (χ2n) is 5.96. The summed E-state index contributed by atoms with van der Waals surface area (Å²) in [5, 5.41) is 3.45. The molecule has 0 radical (unpaired) electrons. The van der Waals surface area contributed by atoms with Gasteiger partial charge in [-0.3, -0.25) is 0 Å². The third-order valence-electron chi connectivity index (χ3n) is 4.78. The van der Waals surface area contributed by atoms with E-state index in [4.69, 9.17) is 23.8 Å². The van der Waals surface area contributed by atoms with Crippen LogP contribution in [0.3, 0.4) is 0 Å². The van der Waals surface area contributed by atoms with Crippen LogP contribution in [-0.2, 0) is 5.41 Å². The van der Waals surface area contributed by atoms with Crippen molar-refractivity contribution in [1.82, 2.24) is 0 Å². The minimum absolute atomic E-state index is 0.0833. The summed E-state index contributed by atoms with van der Waals surface area (Å²) in [4.78, 5) is 2.25. The van der Waals surface area contributed by atoms with E-state index in [9.17, 15) is 0 Å². The molecule has 1 saturated carbocycles. The number of benzene rings is 1. The standard InChI is InChI=1S/C17H16ClNS2/c18-15-7-6-14(21-15)11-4-5-13-12(10-11)17(16(20)19-13)8-2-1-3-9-17/h4-7,10H,1-3,8-9H2,(H,19,20). The van der Waals surface area contributed by atoms with Gasteiger partial charge >= 0.3 is 0 Å². The summed E-state index contributed by atoms with van der Waals surface area (Å²) < 4.78 is 0.839. The lowest BCUT2D eigenvalue weighted by Crippen LogP contribution is -2.35. The van der Waals surface area contributed by atoms with Gasteiger partial charge in [0.25, 0.3) is 0 Å². The second kappa shape index (κ2) is 5.08. The first-order chi connectivity index (χ1) is 10.2. The molecular formula is C17H16ClNS2. The topological polar surface area (TPSA) is 12.0 Å². The number of hydrogen-bond acceptors (Lipinski definition) is 2. The van der Waals surface area contributed by atoms with E-state index >= 15 is 0 Å². The van der Waals surface area contributed by atoms with E-state index in [2.05, 4.69) is 29.6 Å². The molecular weight excluding hydrogens is 318 g/mol. The molecule has 2 aromatic rings. The average molecular weight is 334 g/mol. The molecule has 0 bridgehead atoms. The predicted octanol–water partition coefficient (Wildman–Crippen LogP) is 6.02. The van der Waals surface area contributed by atoms with Crippen molar-refractivity contribution in [3.63, 3.8) is 0 Å². The first kappa shape index (κ1) is 13.7. The van der Waals surface area contributed by atoms with Crippen LogP contribution in [0.2, 0.25) is 4.34 Å². The van der Waals surface area contributed by atoms with Gasteiger partial charge in [0.05, 0.1) is 9.32 Å². The van der Waals surface area contributed by atoms with Crippen LogP contribution in [-0.4, -0.2) is 4.99 Å². The van der Waals surface area contributed by atoms with E-state index in [0.29, 0.717) is 0 Å². The van der Waals surface area contributed by atoms with Crippen LogP contribution < -0.4 is 5.32 Å². The lowest BCUT2D eigenvalue weighted by molar-refractivity contribution is 0.389. The summed E-state index contributed by atoms with van der Waals surface area (Å²) in [6.45, 7) is 0. The van der Waals surface area contributed by atoms with Gasteiger partial charge < -0.3 is 5.32 Å². The number of halogens is 1. The maximum Gasteiger partial charge on any atom is 0.0934 e. The molecule has 1 aromatic carbocycles. The van der Waals surface area contributed by atoms with Crippen LogP contribution in [0.5, 0.6) is 0 Å². The molecule has 108 valence electrons. The van der Waals surface area contributed by atoms with Crippen LogP contribution in [0.15, 0.2) is 30.3 Å². The van der Waals surface area contributed by atoms with Gasteiger partial charge in [0.2, 0.25) is 0 Å². The van der Waals surface area contributed by atoms with Gasteiger partial charge in [-0.1, -0.05) is 49.1 Å². The minimum Gasteiger partial charge on any atom is -0.349 e. The highest BCUT2D eigenvalue weighted by Gasteiger charge is 2.44. The molecule has 2 aliphatic rings. The predicted molar refractivity (Wildman–Crippen MR) is 95.7 cm³/mol. The van der Waals surface area contributed by atoms with E-state index in [1.165, 1.54) is 53.8 Å². The molecule has 4 heteroatoms. The van der Waals surface area contributed by atoms with Gasteiger partial charge in [0.1, 0.15) is 0 Å². The Morgan fingerprint density at radius 2 is 1.90 bits per heavy atom. The number of thiocarbonyl (C=S) groups is 1. The number of nitrogens with one attached hydrogen (secondary N) is 1. The largest absolute Gasteiger partial charge is 0.349 e. The maximum absolute atomic E-state index is 6.08. The smallest absolute Gasteiger partial charge is 0.0934 e. The fourth-order valence-corrected chi connectivity index (χ4v) is 5.15. The first-order valence-corrected chi connectivity index (χ1v) is 9.01. The Bertz CT molecular complexity index is 713. The second-order valence-corrected chi connectivity index (χ2v) is 8.08. The van der Waals surface area contributed by atoms with Crippen LogP contribution in [0.4, 0.5) is 5.69 Å². The zero-order valence-electron chi connectivity index (χ0n) is 11.6. The van der Waals surface area contributed by atoms with Crippen molar-refractivity contribution in [1.29, 1.82) is 0 Å². The van der Waals surface area contributed by atoms with E-state index in [0.717, 1.165) is 9.32 Å². The van der Waals surface area contributed by atoms with Crippen LogP contribution in [0.1, 0.15) is 37.7 Å². The Morgan fingerprint density at radius 1 is 1.10 bits per heavy atom. The van der Waals surface area contributed by atoms with Crippen molar-refractivity contribution in [2.45, 2.75) is 37.5 Å². The van der Waals surface area contributed by atoms with Crippen LogP contribution in [0, 0.1) is 0 Å². The van der Waals surface area contributed by atoms with Crippen molar-refractivity contribution in [2.75, 3.05) is 5.32 Å². The molecule has 1 spiro atoms. The number of fused-ring (bicyclic) bond motifs is 2. The fourth-order valence-electron chi connectivity index (χ4n) is 3.69. The van der Waals surface area contributed by atoms with Gasteiger partial charge in [-0.25, -0.2) is 0 Å². The van der Waals surface area contributed by atoms with Gasteiger partial charge in [-0.05, 0) is 48.2 Å². The lowest BCUT2D eigenvalue weighted by Gasteiger charge is -2.33. The Labute approximate surface area is 139 Å². The first-order valence-electron chi connectivity index (χ1n) is 7.41. The molecule has 21 heavy (non-hydrogen) atoms. The normalized spacial score (nSPS) is 19.6. The maximum atomic E-state index is 6.08. The summed E-state index contributed by atoms with van der Waals surface area (Å²) in [7, 11) is 0. The molecule has 1 fully saturated rings. The number of hydrogen-bond donors (Lipinski definition) is 1. The Morgan fingerprint density at radius 3 is 2.62 bits per heavy atom. The summed E-state index contributed by atoms with van der Waals surface area (Å²) in [5.41, 5.74) is 3.93. The van der Waals surface area contributed by atoms with Crippen molar-refractivity contribution in [3.05, 3.63) is 40.2 Å². The van der Waals surface area contributed by atoms with E-state index in [1.807, 2.05) is 6.07 Å². The summed E-state index contributed by atoms with van der Waals surface area (Å²) in [6.07, 6.45) is 6.24. The molecule has 1 nitrogen and oxygen atoms in total. The van der Waals surface area contributed by atoms with Crippen molar-refractivity contribution in [3.8, 4) is 10.4 Å². The molecule has 1 aromatic heterocycles. The Balaban J connectivity index is 1.82. The molecule has 0 saturated heterocycles. The SMILES string of the molecule is S=C1Nc2ccc(-c3ccc(Cl)s3)cc2C12CCCCC2.